The molecule has 1 fully saturated rings. The Morgan fingerprint density at radius 3 is 2.53 bits per heavy atom. The maximum Gasteiger partial charge on any atom is 0.221 e. The first-order valence-electron chi connectivity index (χ1n) is 6.12. The second-order valence-corrected chi connectivity index (χ2v) is 6.69. The Labute approximate surface area is 103 Å². The highest BCUT2D eigenvalue weighted by Crippen LogP contribution is 2.23. The third-order valence-corrected chi connectivity index (χ3v) is 3.90. The molecule has 2 N–H and O–H groups in total. The summed E-state index contributed by atoms with van der Waals surface area (Å²) in [5.74, 6) is 0.454. The average molecular weight is 262 g/mol. The maximum atomic E-state index is 11.6. The third kappa shape index (κ3) is 6.02. The standard InChI is InChI=1S/C11H22N2O3S/c1-9-5-3-4-6-10(9)13-11(14)7-8-12-17(2,15)16/h9-10,12H,3-8H2,1-2H3,(H,13,14)/t9-,10+/m0/s1. The van der Waals surface area contributed by atoms with Crippen LogP contribution in [-0.2, 0) is 14.8 Å². The van der Waals surface area contributed by atoms with Gasteiger partial charge in [0.1, 0.15) is 0 Å². The van der Waals surface area contributed by atoms with E-state index in [1.165, 1.54) is 6.42 Å². The molecule has 5 nitrogen and oxygen atoms in total. The lowest BCUT2D eigenvalue weighted by molar-refractivity contribution is -0.122. The number of sulfonamides is 1. The highest BCUT2D eigenvalue weighted by Gasteiger charge is 2.22. The molecule has 0 aromatic heterocycles. The number of hydrogen-bond acceptors (Lipinski definition) is 3. The third-order valence-electron chi connectivity index (χ3n) is 3.17. The summed E-state index contributed by atoms with van der Waals surface area (Å²) in [6, 6.07) is 0.259. The van der Waals surface area contributed by atoms with Crippen LogP contribution in [0.15, 0.2) is 0 Å². The molecular formula is C11H22N2O3S. The molecule has 2 atom stereocenters. The molecule has 6 heteroatoms. The highest BCUT2D eigenvalue weighted by molar-refractivity contribution is 7.88. The molecule has 17 heavy (non-hydrogen) atoms. The molecule has 0 aliphatic heterocycles. The SMILES string of the molecule is C[C@H]1CCCC[C@H]1NC(=O)CCNS(C)(=O)=O. The largest absolute Gasteiger partial charge is 0.353 e. The normalized spacial score (nSPS) is 25.5. The average Bonchev–Trinajstić information content (AvgIpc) is 2.19. The number of carbonyl (C=O) groups is 1. The van der Waals surface area contributed by atoms with Gasteiger partial charge in [0.25, 0.3) is 0 Å². The topological polar surface area (TPSA) is 75.3 Å². The summed E-state index contributed by atoms with van der Waals surface area (Å²) in [7, 11) is -3.19. The van der Waals surface area contributed by atoms with Crippen molar-refractivity contribution in [1.29, 1.82) is 0 Å². The molecule has 0 radical (unpaired) electrons. The summed E-state index contributed by atoms with van der Waals surface area (Å²) in [6.45, 7) is 2.32. The van der Waals surface area contributed by atoms with Gasteiger partial charge in [-0.25, -0.2) is 13.1 Å². The van der Waals surface area contributed by atoms with Gasteiger partial charge in [0.05, 0.1) is 6.26 Å². The van der Waals surface area contributed by atoms with Crippen LogP contribution in [0.2, 0.25) is 0 Å². The van der Waals surface area contributed by atoms with Crippen LogP contribution < -0.4 is 10.0 Å². The minimum Gasteiger partial charge on any atom is -0.353 e. The van der Waals surface area contributed by atoms with E-state index in [9.17, 15) is 13.2 Å². The van der Waals surface area contributed by atoms with Gasteiger partial charge in [0, 0.05) is 19.0 Å². The van der Waals surface area contributed by atoms with Crippen molar-refractivity contribution in [3.05, 3.63) is 0 Å². The predicted molar refractivity (Wildman–Crippen MR) is 67.0 cm³/mol. The second kappa shape index (κ2) is 6.35. The molecule has 1 saturated carbocycles. The Bertz CT molecular complexity index is 354. The maximum absolute atomic E-state index is 11.6. The van der Waals surface area contributed by atoms with Crippen molar-refractivity contribution in [3.8, 4) is 0 Å². The number of amides is 1. The van der Waals surface area contributed by atoms with E-state index in [2.05, 4.69) is 17.0 Å². The van der Waals surface area contributed by atoms with Gasteiger partial charge >= 0.3 is 0 Å². The molecule has 1 amide bonds. The minimum atomic E-state index is -3.19. The fraction of sp³-hybridized carbons (Fsp3) is 0.909. The van der Waals surface area contributed by atoms with Gasteiger partial charge in [-0.3, -0.25) is 4.79 Å². The van der Waals surface area contributed by atoms with E-state index in [1.54, 1.807) is 0 Å². The van der Waals surface area contributed by atoms with Crippen LogP contribution in [0.25, 0.3) is 0 Å². The molecule has 1 rings (SSSR count). The number of nitrogens with one attached hydrogen (secondary N) is 2. The molecule has 1 aliphatic carbocycles. The second-order valence-electron chi connectivity index (χ2n) is 4.85. The van der Waals surface area contributed by atoms with Crippen molar-refractivity contribution in [2.45, 2.75) is 45.1 Å². The van der Waals surface area contributed by atoms with Gasteiger partial charge in [0.15, 0.2) is 0 Å². The molecule has 0 saturated heterocycles. The van der Waals surface area contributed by atoms with Crippen molar-refractivity contribution in [2.75, 3.05) is 12.8 Å². The fourth-order valence-electron chi connectivity index (χ4n) is 2.16. The lowest BCUT2D eigenvalue weighted by Gasteiger charge is -2.29. The van der Waals surface area contributed by atoms with Gasteiger partial charge in [0.2, 0.25) is 15.9 Å². The summed E-state index contributed by atoms with van der Waals surface area (Å²) in [4.78, 5) is 11.6. The van der Waals surface area contributed by atoms with Gasteiger partial charge in [-0.15, -0.1) is 0 Å². The summed E-state index contributed by atoms with van der Waals surface area (Å²) < 4.78 is 23.9. The van der Waals surface area contributed by atoms with Crippen molar-refractivity contribution in [1.82, 2.24) is 10.0 Å². The monoisotopic (exact) mass is 262 g/mol. The minimum absolute atomic E-state index is 0.0695. The van der Waals surface area contributed by atoms with E-state index >= 15 is 0 Å². The molecule has 0 unspecified atom stereocenters. The Morgan fingerprint density at radius 2 is 1.94 bits per heavy atom. The molecule has 100 valence electrons. The van der Waals surface area contributed by atoms with Crippen LogP contribution in [0.3, 0.4) is 0 Å². The molecule has 0 aromatic carbocycles. The van der Waals surface area contributed by atoms with E-state index in [4.69, 9.17) is 0 Å². The van der Waals surface area contributed by atoms with Gasteiger partial charge < -0.3 is 5.32 Å². The van der Waals surface area contributed by atoms with Gasteiger partial charge in [-0.05, 0) is 18.8 Å². The molecule has 0 aromatic rings. The molecule has 0 heterocycles. The zero-order valence-electron chi connectivity index (χ0n) is 10.5. The van der Waals surface area contributed by atoms with Crippen LogP contribution >= 0.6 is 0 Å². The number of rotatable bonds is 5. The van der Waals surface area contributed by atoms with Crippen molar-refractivity contribution in [3.63, 3.8) is 0 Å². The first-order valence-corrected chi connectivity index (χ1v) is 8.01. The van der Waals surface area contributed by atoms with Gasteiger partial charge in [-0.1, -0.05) is 19.8 Å². The first-order chi connectivity index (χ1) is 7.88. The van der Waals surface area contributed by atoms with Crippen LogP contribution in [-0.4, -0.2) is 33.2 Å². The molecular weight excluding hydrogens is 240 g/mol. The van der Waals surface area contributed by atoms with E-state index in [1.807, 2.05) is 0 Å². The Balaban J connectivity index is 2.24. The smallest absolute Gasteiger partial charge is 0.221 e. The Kier molecular flexibility index (Phi) is 5.39. The van der Waals surface area contributed by atoms with Crippen LogP contribution in [0.4, 0.5) is 0 Å². The van der Waals surface area contributed by atoms with E-state index in [0.717, 1.165) is 25.5 Å². The van der Waals surface area contributed by atoms with E-state index < -0.39 is 10.0 Å². The zero-order chi connectivity index (χ0) is 12.9. The summed E-state index contributed by atoms with van der Waals surface area (Å²) >= 11 is 0. The van der Waals surface area contributed by atoms with Crippen LogP contribution in [0.1, 0.15) is 39.0 Å². The predicted octanol–water partition coefficient (Wildman–Crippen LogP) is 0.621. The lowest BCUT2D eigenvalue weighted by atomic mass is 9.86. The highest BCUT2D eigenvalue weighted by atomic mass is 32.2. The molecule has 0 bridgehead atoms. The first kappa shape index (κ1) is 14.4. The summed E-state index contributed by atoms with van der Waals surface area (Å²) in [5, 5.41) is 2.98. The Morgan fingerprint density at radius 1 is 1.29 bits per heavy atom. The van der Waals surface area contributed by atoms with Crippen LogP contribution in [0, 0.1) is 5.92 Å². The number of carbonyl (C=O) groups excluding carboxylic acids is 1. The van der Waals surface area contributed by atoms with Crippen molar-refractivity contribution >= 4 is 15.9 Å². The van der Waals surface area contributed by atoms with E-state index in [-0.39, 0.29) is 24.9 Å². The fourth-order valence-corrected chi connectivity index (χ4v) is 2.63. The van der Waals surface area contributed by atoms with Crippen molar-refractivity contribution in [2.24, 2.45) is 5.92 Å². The summed E-state index contributed by atoms with van der Waals surface area (Å²) in [6.07, 6.45) is 5.89. The molecule has 1 aliphatic rings. The van der Waals surface area contributed by atoms with Crippen molar-refractivity contribution < 1.29 is 13.2 Å². The number of hydrogen-bond donors (Lipinski definition) is 2. The lowest BCUT2D eigenvalue weighted by Crippen LogP contribution is -2.42. The Hall–Kier alpha value is -0.620. The quantitative estimate of drug-likeness (QED) is 0.762. The van der Waals surface area contributed by atoms with Gasteiger partial charge in [-0.2, -0.15) is 0 Å². The van der Waals surface area contributed by atoms with Crippen LogP contribution in [0.5, 0.6) is 0 Å². The summed E-state index contributed by atoms with van der Waals surface area (Å²) in [5.41, 5.74) is 0. The van der Waals surface area contributed by atoms with E-state index in [0.29, 0.717) is 5.92 Å². The zero-order valence-corrected chi connectivity index (χ0v) is 11.3. The molecule has 0 spiro atoms.